The number of halogens is 1. The van der Waals surface area contributed by atoms with E-state index in [2.05, 4.69) is 4.99 Å². The Hall–Kier alpha value is -2.34. The molecule has 0 amide bonds. The summed E-state index contributed by atoms with van der Waals surface area (Å²) in [6.07, 6.45) is 1.96. The van der Waals surface area contributed by atoms with E-state index in [1.807, 2.05) is 4.90 Å². The quantitative estimate of drug-likeness (QED) is 0.827. The first-order valence-electron chi connectivity index (χ1n) is 8.00. The third kappa shape index (κ3) is 4.35. The molecule has 1 fully saturated rings. The summed E-state index contributed by atoms with van der Waals surface area (Å²) in [5, 5.41) is 0. The predicted octanol–water partition coefficient (Wildman–Crippen LogP) is 1.91. The molecule has 2 aliphatic rings. The van der Waals surface area contributed by atoms with Gasteiger partial charge < -0.3 is 9.64 Å². The number of benzene rings is 1. The molecule has 0 aliphatic carbocycles. The van der Waals surface area contributed by atoms with E-state index in [0.717, 1.165) is 0 Å². The summed E-state index contributed by atoms with van der Waals surface area (Å²) in [7, 11) is 0. The van der Waals surface area contributed by atoms with Gasteiger partial charge in [-0.1, -0.05) is 12.1 Å². The van der Waals surface area contributed by atoms with Gasteiger partial charge in [0.2, 0.25) is 0 Å². The first-order valence-corrected chi connectivity index (χ1v) is 8.00. The van der Waals surface area contributed by atoms with Crippen molar-refractivity contribution in [3.8, 4) is 0 Å². The number of ketones is 2. The van der Waals surface area contributed by atoms with Crippen LogP contribution in [0.1, 0.15) is 18.4 Å². The second kappa shape index (κ2) is 7.49. The monoisotopic (exact) mass is 330 g/mol. The van der Waals surface area contributed by atoms with Gasteiger partial charge in [0.25, 0.3) is 0 Å². The van der Waals surface area contributed by atoms with Crippen molar-refractivity contribution in [2.75, 3.05) is 26.3 Å². The lowest BCUT2D eigenvalue weighted by atomic mass is 10.0. The van der Waals surface area contributed by atoms with Crippen LogP contribution in [0.2, 0.25) is 0 Å². The predicted molar refractivity (Wildman–Crippen MR) is 87.3 cm³/mol. The molecule has 1 aromatic carbocycles. The van der Waals surface area contributed by atoms with Crippen molar-refractivity contribution in [1.29, 1.82) is 0 Å². The zero-order valence-corrected chi connectivity index (χ0v) is 13.3. The second-order valence-corrected chi connectivity index (χ2v) is 5.95. The lowest BCUT2D eigenvalue weighted by Crippen LogP contribution is -2.36. The third-order valence-corrected chi connectivity index (χ3v) is 3.97. The standard InChI is InChI=1S/C18H19FN2O3/c19-14-3-1-2-13(8-14)9-16(22)10-15-11-17(23)12-18(20-15)21-4-6-24-7-5-21/h1-3,8,12H,4-7,9-11H2. The highest BCUT2D eigenvalue weighted by Gasteiger charge is 2.21. The van der Waals surface area contributed by atoms with E-state index >= 15 is 0 Å². The van der Waals surface area contributed by atoms with Gasteiger partial charge in [0.05, 0.1) is 13.2 Å². The van der Waals surface area contributed by atoms with Gasteiger partial charge in [0.1, 0.15) is 17.4 Å². The molecular weight excluding hydrogens is 311 g/mol. The van der Waals surface area contributed by atoms with Crippen LogP contribution >= 0.6 is 0 Å². The maximum atomic E-state index is 13.2. The molecule has 2 heterocycles. The number of allylic oxidation sites excluding steroid dienone is 1. The summed E-state index contributed by atoms with van der Waals surface area (Å²) >= 11 is 0. The van der Waals surface area contributed by atoms with Gasteiger partial charge in [-0.25, -0.2) is 9.38 Å². The minimum Gasteiger partial charge on any atom is -0.378 e. The molecule has 0 N–H and O–H groups in total. The van der Waals surface area contributed by atoms with E-state index < -0.39 is 0 Å². The average Bonchev–Trinajstić information content (AvgIpc) is 2.55. The van der Waals surface area contributed by atoms with Gasteiger partial charge >= 0.3 is 0 Å². The largest absolute Gasteiger partial charge is 0.378 e. The second-order valence-electron chi connectivity index (χ2n) is 5.95. The Kier molecular flexibility index (Phi) is 5.15. The van der Waals surface area contributed by atoms with Crippen molar-refractivity contribution in [3.63, 3.8) is 0 Å². The first kappa shape index (κ1) is 16.5. The molecule has 1 saturated heterocycles. The van der Waals surface area contributed by atoms with Crippen molar-refractivity contribution in [3.05, 3.63) is 47.5 Å². The van der Waals surface area contributed by atoms with Gasteiger partial charge in [-0.15, -0.1) is 0 Å². The van der Waals surface area contributed by atoms with Crippen molar-refractivity contribution in [2.24, 2.45) is 4.99 Å². The summed E-state index contributed by atoms with van der Waals surface area (Å²) < 4.78 is 18.5. The Morgan fingerprint density at radius 3 is 2.79 bits per heavy atom. The van der Waals surface area contributed by atoms with Crippen molar-refractivity contribution in [2.45, 2.75) is 19.3 Å². The Morgan fingerprint density at radius 2 is 2.04 bits per heavy atom. The first-order chi connectivity index (χ1) is 11.6. The average molecular weight is 330 g/mol. The van der Waals surface area contributed by atoms with Gasteiger partial charge in [0.15, 0.2) is 5.78 Å². The van der Waals surface area contributed by atoms with E-state index in [1.165, 1.54) is 18.2 Å². The molecule has 2 aliphatic heterocycles. The molecule has 0 atom stereocenters. The molecular formula is C18H19FN2O3. The Bertz CT molecular complexity index is 706. The summed E-state index contributed by atoms with van der Waals surface area (Å²) in [6.45, 7) is 2.59. The fraction of sp³-hybridized carbons (Fsp3) is 0.389. The zero-order chi connectivity index (χ0) is 16.9. The summed E-state index contributed by atoms with van der Waals surface area (Å²) in [5.74, 6) is 0.140. The van der Waals surface area contributed by atoms with Crippen LogP contribution in [-0.2, 0) is 20.7 Å². The Labute approximate surface area is 139 Å². The number of hydrogen-bond acceptors (Lipinski definition) is 5. The highest BCUT2D eigenvalue weighted by atomic mass is 19.1. The van der Waals surface area contributed by atoms with Crippen LogP contribution in [0.4, 0.5) is 4.39 Å². The Morgan fingerprint density at radius 1 is 1.25 bits per heavy atom. The molecule has 3 rings (SSSR count). The number of ether oxygens (including phenoxy) is 1. The molecule has 0 bridgehead atoms. The summed E-state index contributed by atoms with van der Waals surface area (Å²) in [5.41, 5.74) is 1.21. The minimum atomic E-state index is -0.358. The molecule has 6 heteroatoms. The molecule has 5 nitrogen and oxygen atoms in total. The maximum absolute atomic E-state index is 13.2. The van der Waals surface area contributed by atoms with E-state index in [4.69, 9.17) is 4.74 Å². The number of nitrogens with zero attached hydrogens (tertiary/aromatic N) is 2. The number of carbonyl (C=O) groups is 2. The Balaban J connectivity index is 1.65. The normalized spacial score (nSPS) is 18.2. The number of Topliss-reactive ketones (excluding diaryl/α,β-unsaturated/α-hetero) is 1. The lowest BCUT2D eigenvalue weighted by molar-refractivity contribution is -0.117. The highest BCUT2D eigenvalue weighted by molar-refractivity contribution is 6.14. The van der Waals surface area contributed by atoms with Crippen LogP contribution in [0.25, 0.3) is 0 Å². The van der Waals surface area contributed by atoms with Gasteiger partial charge in [-0.05, 0) is 17.7 Å². The van der Waals surface area contributed by atoms with Crippen molar-refractivity contribution in [1.82, 2.24) is 4.90 Å². The molecule has 0 radical (unpaired) electrons. The lowest BCUT2D eigenvalue weighted by Gasteiger charge is -2.30. The summed E-state index contributed by atoms with van der Waals surface area (Å²) in [6, 6.07) is 5.99. The number of morpholine rings is 1. The topological polar surface area (TPSA) is 59.0 Å². The van der Waals surface area contributed by atoms with Crippen molar-refractivity contribution < 1.29 is 18.7 Å². The number of aliphatic imine (C=N–C) groups is 1. The van der Waals surface area contributed by atoms with E-state index in [-0.39, 0.29) is 36.6 Å². The number of hydrogen-bond donors (Lipinski definition) is 0. The summed E-state index contributed by atoms with van der Waals surface area (Å²) in [4.78, 5) is 30.6. The van der Waals surface area contributed by atoms with E-state index in [0.29, 0.717) is 43.4 Å². The van der Waals surface area contributed by atoms with Gasteiger partial charge in [-0.2, -0.15) is 0 Å². The van der Waals surface area contributed by atoms with Crippen LogP contribution in [0, 0.1) is 5.82 Å². The molecule has 24 heavy (non-hydrogen) atoms. The van der Waals surface area contributed by atoms with Crippen LogP contribution in [0.5, 0.6) is 0 Å². The smallest absolute Gasteiger partial charge is 0.164 e. The molecule has 0 aromatic heterocycles. The molecule has 1 aromatic rings. The third-order valence-electron chi connectivity index (χ3n) is 3.97. The molecule has 126 valence electrons. The van der Waals surface area contributed by atoms with Crippen LogP contribution in [0.3, 0.4) is 0 Å². The molecule has 0 spiro atoms. The molecule has 0 unspecified atom stereocenters. The maximum Gasteiger partial charge on any atom is 0.164 e. The number of carbonyl (C=O) groups excluding carboxylic acids is 2. The van der Waals surface area contributed by atoms with E-state index in [9.17, 15) is 14.0 Å². The van der Waals surface area contributed by atoms with Crippen molar-refractivity contribution >= 4 is 17.3 Å². The van der Waals surface area contributed by atoms with Crippen LogP contribution in [-0.4, -0.2) is 48.5 Å². The van der Waals surface area contributed by atoms with Gasteiger partial charge in [-0.3, -0.25) is 9.59 Å². The van der Waals surface area contributed by atoms with Gasteiger partial charge in [0, 0.05) is 44.1 Å². The van der Waals surface area contributed by atoms with Crippen LogP contribution in [0.15, 0.2) is 41.2 Å². The van der Waals surface area contributed by atoms with Crippen LogP contribution < -0.4 is 0 Å². The number of rotatable bonds is 5. The minimum absolute atomic E-state index is 0.0416. The fourth-order valence-corrected chi connectivity index (χ4v) is 2.85. The van der Waals surface area contributed by atoms with E-state index in [1.54, 1.807) is 12.1 Å². The fourth-order valence-electron chi connectivity index (χ4n) is 2.85. The zero-order valence-electron chi connectivity index (χ0n) is 13.3. The SMILES string of the molecule is O=C1C=C(N2CCOCC2)N=C(CC(=O)Cc2cccc(F)c2)C1. The highest BCUT2D eigenvalue weighted by Crippen LogP contribution is 2.17. The molecule has 0 saturated carbocycles.